The van der Waals surface area contributed by atoms with Gasteiger partial charge in [-0.2, -0.15) is 0 Å². The van der Waals surface area contributed by atoms with Gasteiger partial charge in [-0.15, -0.1) is 10.2 Å². The lowest BCUT2D eigenvalue weighted by molar-refractivity contribution is 0.628. The van der Waals surface area contributed by atoms with Crippen molar-refractivity contribution in [2.75, 3.05) is 0 Å². The molecule has 1 atom stereocenters. The van der Waals surface area contributed by atoms with Gasteiger partial charge in [0.25, 0.3) is 0 Å². The molecule has 1 heterocycles. The van der Waals surface area contributed by atoms with Crippen LogP contribution in [0.15, 0.2) is 18.2 Å². The average Bonchev–Trinajstić information content (AvgIpc) is 2.66. The van der Waals surface area contributed by atoms with Crippen LogP contribution in [0.2, 0.25) is 5.02 Å². The van der Waals surface area contributed by atoms with Crippen molar-refractivity contribution in [1.29, 1.82) is 0 Å². The number of halogens is 2. The van der Waals surface area contributed by atoms with Crippen molar-refractivity contribution < 1.29 is 4.39 Å². The van der Waals surface area contributed by atoms with Gasteiger partial charge in [0.15, 0.2) is 0 Å². The molecule has 0 amide bonds. The Bertz CT molecular complexity index is 513. The molecular weight excluding hydrogens is 249 g/mol. The lowest BCUT2D eigenvalue weighted by Crippen LogP contribution is -2.03. The summed E-state index contributed by atoms with van der Waals surface area (Å²) in [6, 6.07) is 4.02. The summed E-state index contributed by atoms with van der Waals surface area (Å²) in [5.74, 6) is -0.370. The largest absolute Gasteiger partial charge is 0.322 e. The van der Waals surface area contributed by atoms with Gasteiger partial charge >= 0.3 is 0 Å². The number of hydrogen-bond acceptors (Lipinski definition) is 4. The number of nitrogens with zero attached hydrogens (tertiary/aromatic N) is 2. The highest BCUT2D eigenvalue weighted by Gasteiger charge is 2.12. The van der Waals surface area contributed by atoms with Gasteiger partial charge in [0.2, 0.25) is 0 Å². The first kappa shape index (κ1) is 11.4. The molecule has 6 heteroatoms. The maximum Gasteiger partial charge on any atom is 0.149 e. The van der Waals surface area contributed by atoms with Gasteiger partial charge in [0, 0.05) is 5.56 Å². The number of hydrogen-bond donors (Lipinski definition) is 1. The molecule has 2 N–H and O–H groups in total. The number of aromatic nitrogens is 2. The molecule has 0 saturated heterocycles. The zero-order valence-corrected chi connectivity index (χ0v) is 10.0. The first-order valence-electron chi connectivity index (χ1n) is 4.62. The second-order valence-electron chi connectivity index (χ2n) is 3.36. The molecule has 2 aromatic rings. The second-order valence-corrected chi connectivity index (χ2v) is 4.77. The third-order valence-electron chi connectivity index (χ3n) is 1.99. The number of benzene rings is 1. The summed E-state index contributed by atoms with van der Waals surface area (Å²) in [6.45, 7) is 1.83. The van der Waals surface area contributed by atoms with E-state index < -0.39 is 0 Å². The van der Waals surface area contributed by atoms with Crippen molar-refractivity contribution in [2.24, 2.45) is 5.73 Å². The molecule has 0 spiro atoms. The van der Waals surface area contributed by atoms with Crippen molar-refractivity contribution in [2.45, 2.75) is 13.0 Å². The zero-order valence-electron chi connectivity index (χ0n) is 8.45. The maximum atomic E-state index is 12.9. The van der Waals surface area contributed by atoms with Gasteiger partial charge in [0.05, 0.1) is 11.1 Å². The molecule has 0 bridgehead atoms. The highest BCUT2D eigenvalue weighted by atomic mass is 35.5. The van der Waals surface area contributed by atoms with Crippen LogP contribution in [0.1, 0.15) is 18.0 Å². The van der Waals surface area contributed by atoms with E-state index in [0.717, 1.165) is 5.01 Å². The Morgan fingerprint density at radius 1 is 1.44 bits per heavy atom. The van der Waals surface area contributed by atoms with Gasteiger partial charge < -0.3 is 5.73 Å². The fourth-order valence-electron chi connectivity index (χ4n) is 1.19. The molecule has 0 fully saturated rings. The minimum atomic E-state index is -0.370. The molecule has 16 heavy (non-hydrogen) atoms. The van der Waals surface area contributed by atoms with Crippen LogP contribution < -0.4 is 5.73 Å². The molecule has 0 aliphatic heterocycles. The maximum absolute atomic E-state index is 12.9. The Balaban J connectivity index is 2.42. The topological polar surface area (TPSA) is 51.8 Å². The van der Waals surface area contributed by atoms with Gasteiger partial charge in [0.1, 0.15) is 15.8 Å². The molecule has 2 rings (SSSR count). The Labute approximate surface area is 101 Å². The summed E-state index contributed by atoms with van der Waals surface area (Å²) < 4.78 is 12.9. The van der Waals surface area contributed by atoms with Gasteiger partial charge in [-0.25, -0.2) is 4.39 Å². The van der Waals surface area contributed by atoms with Crippen LogP contribution >= 0.6 is 22.9 Å². The lowest BCUT2D eigenvalue weighted by atomic mass is 10.2. The van der Waals surface area contributed by atoms with Crippen molar-refractivity contribution in [3.8, 4) is 10.6 Å². The smallest absolute Gasteiger partial charge is 0.149 e. The summed E-state index contributed by atoms with van der Waals surface area (Å²) in [5, 5.41) is 9.63. The Morgan fingerprint density at radius 2 is 2.19 bits per heavy atom. The standard InChI is InChI=1S/C10H9ClFN3S/c1-5(13)9-14-15-10(16-9)7-3-2-6(12)4-8(7)11/h2-5H,13H2,1H3. The van der Waals surface area contributed by atoms with Crippen LogP contribution in [0, 0.1) is 5.82 Å². The first-order valence-corrected chi connectivity index (χ1v) is 5.82. The highest BCUT2D eigenvalue weighted by Crippen LogP contribution is 2.31. The van der Waals surface area contributed by atoms with Crippen molar-refractivity contribution in [1.82, 2.24) is 10.2 Å². The summed E-state index contributed by atoms with van der Waals surface area (Å²) in [6.07, 6.45) is 0. The fraction of sp³-hybridized carbons (Fsp3) is 0.200. The Morgan fingerprint density at radius 3 is 2.75 bits per heavy atom. The predicted octanol–water partition coefficient (Wildman–Crippen LogP) is 3.02. The minimum Gasteiger partial charge on any atom is -0.322 e. The SMILES string of the molecule is CC(N)c1nnc(-c2ccc(F)cc2Cl)s1. The van der Waals surface area contributed by atoms with Crippen molar-refractivity contribution >= 4 is 22.9 Å². The van der Waals surface area contributed by atoms with Crippen LogP contribution in [0.25, 0.3) is 10.6 Å². The van der Waals surface area contributed by atoms with E-state index in [2.05, 4.69) is 10.2 Å². The predicted molar refractivity (Wildman–Crippen MR) is 62.9 cm³/mol. The third-order valence-corrected chi connectivity index (χ3v) is 3.46. The monoisotopic (exact) mass is 257 g/mol. The molecule has 84 valence electrons. The fourth-order valence-corrected chi connectivity index (χ4v) is 2.34. The molecule has 1 aromatic heterocycles. The summed E-state index contributed by atoms with van der Waals surface area (Å²) in [7, 11) is 0. The minimum absolute atomic E-state index is 0.162. The second kappa shape index (κ2) is 4.45. The molecule has 0 aliphatic rings. The van der Waals surface area contributed by atoms with Crippen LogP contribution in [0.4, 0.5) is 4.39 Å². The molecule has 0 aliphatic carbocycles. The highest BCUT2D eigenvalue weighted by molar-refractivity contribution is 7.14. The van der Waals surface area contributed by atoms with Crippen LogP contribution in [-0.2, 0) is 0 Å². The number of nitrogens with two attached hydrogens (primary N) is 1. The van der Waals surface area contributed by atoms with Gasteiger partial charge in [-0.3, -0.25) is 0 Å². The Hall–Kier alpha value is -1.04. The van der Waals surface area contributed by atoms with Crippen LogP contribution in [0.3, 0.4) is 0 Å². The van der Waals surface area contributed by atoms with Crippen molar-refractivity contribution in [3.05, 3.63) is 34.0 Å². The van der Waals surface area contributed by atoms with E-state index >= 15 is 0 Å². The summed E-state index contributed by atoms with van der Waals surface area (Å²) in [5.41, 5.74) is 6.36. The molecular formula is C10H9ClFN3S. The first-order chi connectivity index (χ1) is 7.58. The molecule has 0 radical (unpaired) electrons. The van der Waals surface area contributed by atoms with E-state index in [1.807, 2.05) is 6.92 Å². The normalized spacial score (nSPS) is 12.8. The number of rotatable bonds is 2. The Kier molecular flexibility index (Phi) is 3.18. The van der Waals surface area contributed by atoms with Gasteiger partial charge in [-0.05, 0) is 25.1 Å². The van der Waals surface area contributed by atoms with Crippen LogP contribution in [-0.4, -0.2) is 10.2 Å². The van der Waals surface area contributed by atoms with E-state index in [9.17, 15) is 4.39 Å². The van der Waals surface area contributed by atoms with Crippen molar-refractivity contribution in [3.63, 3.8) is 0 Å². The van der Waals surface area contributed by atoms with E-state index in [1.54, 1.807) is 6.07 Å². The van der Waals surface area contributed by atoms with E-state index in [1.165, 1.54) is 23.5 Å². The quantitative estimate of drug-likeness (QED) is 0.900. The molecule has 0 saturated carbocycles. The van der Waals surface area contributed by atoms with E-state index in [0.29, 0.717) is 15.6 Å². The summed E-state index contributed by atoms with van der Waals surface area (Å²) in [4.78, 5) is 0. The summed E-state index contributed by atoms with van der Waals surface area (Å²) >= 11 is 7.28. The van der Waals surface area contributed by atoms with Gasteiger partial charge in [-0.1, -0.05) is 22.9 Å². The van der Waals surface area contributed by atoms with E-state index in [4.69, 9.17) is 17.3 Å². The molecule has 1 aromatic carbocycles. The molecule has 1 unspecified atom stereocenters. The van der Waals surface area contributed by atoms with Crippen LogP contribution in [0.5, 0.6) is 0 Å². The zero-order chi connectivity index (χ0) is 11.7. The third kappa shape index (κ3) is 2.21. The van der Waals surface area contributed by atoms with E-state index in [-0.39, 0.29) is 11.9 Å². The average molecular weight is 258 g/mol. The molecule has 3 nitrogen and oxygen atoms in total. The lowest BCUT2D eigenvalue weighted by Gasteiger charge is -1.99.